The molecule has 0 atom stereocenters. The Morgan fingerprint density at radius 1 is 1.10 bits per heavy atom. The van der Waals surface area contributed by atoms with Gasteiger partial charge in [-0.15, -0.1) is 0 Å². The quantitative estimate of drug-likeness (QED) is 0.581. The number of carbonyl (C=O) groups excluding carboxylic acids is 2. The topological polar surface area (TPSA) is 69.9 Å². The van der Waals surface area contributed by atoms with E-state index in [1.54, 1.807) is 18.6 Å². The Labute approximate surface area is 173 Å². The number of carbonyl (C=O) groups is 2. The van der Waals surface area contributed by atoms with Crippen LogP contribution in [0.5, 0.6) is 5.75 Å². The minimum Gasteiger partial charge on any atom is -0.497 e. The number of aryl methyl sites for hydroxylation is 2. The monoisotopic (exact) mass is 412 g/mol. The fraction of sp³-hybridized carbons (Fsp3) is 0.318. The maximum Gasteiger partial charge on any atom is 0.326 e. The van der Waals surface area contributed by atoms with E-state index in [0.717, 1.165) is 32.7 Å². The lowest BCUT2D eigenvalue weighted by atomic mass is 10.1. The number of thiazole rings is 1. The minimum absolute atomic E-state index is 0.0188. The molecule has 3 rings (SSSR count). The first kappa shape index (κ1) is 20.8. The average Bonchev–Trinajstić information content (AvgIpc) is 2.99. The summed E-state index contributed by atoms with van der Waals surface area (Å²) in [6.07, 6.45) is 0.176. The molecule has 0 radical (unpaired) electrons. The van der Waals surface area contributed by atoms with Gasteiger partial charge in [-0.05, 0) is 61.7 Å². The summed E-state index contributed by atoms with van der Waals surface area (Å²) in [6.45, 7) is 6.15. The molecule has 0 aliphatic heterocycles. The number of esters is 1. The Morgan fingerprint density at radius 3 is 2.45 bits per heavy atom. The summed E-state index contributed by atoms with van der Waals surface area (Å²) in [5.41, 5.74) is 3.99. The van der Waals surface area contributed by atoms with Crippen molar-refractivity contribution in [1.82, 2.24) is 4.57 Å². The first-order valence-corrected chi connectivity index (χ1v) is 10.2. The summed E-state index contributed by atoms with van der Waals surface area (Å²) in [6, 6.07) is 11.4. The zero-order valence-electron chi connectivity index (χ0n) is 17.0. The lowest BCUT2D eigenvalue weighted by Gasteiger charge is -2.06. The predicted octanol–water partition coefficient (Wildman–Crippen LogP) is 3.56. The van der Waals surface area contributed by atoms with E-state index >= 15 is 0 Å². The summed E-state index contributed by atoms with van der Waals surface area (Å²) in [5, 5.41) is 0. The van der Waals surface area contributed by atoms with Crippen LogP contribution in [0.25, 0.3) is 10.2 Å². The Hall–Kier alpha value is -2.93. The molecule has 6 nitrogen and oxygen atoms in total. The third kappa shape index (κ3) is 4.92. The highest BCUT2D eigenvalue weighted by Gasteiger charge is 2.13. The summed E-state index contributed by atoms with van der Waals surface area (Å²) >= 11 is 1.40. The molecule has 0 N–H and O–H groups in total. The number of amides is 1. The van der Waals surface area contributed by atoms with Crippen molar-refractivity contribution in [2.45, 2.75) is 33.7 Å². The Kier molecular flexibility index (Phi) is 6.49. The van der Waals surface area contributed by atoms with Gasteiger partial charge in [0.05, 0.1) is 30.4 Å². The molecule has 0 saturated heterocycles. The smallest absolute Gasteiger partial charge is 0.326 e. The van der Waals surface area contributed by atoms with Crippen LogP contribution in [0.1, 0.15) is 23.6 Å². The van der Waals surface area contributed by atoms with Gasteiger partial charge in [0.1, 0.15) is 12.3 Å². The number of methoxy groups -OCH3 is 1. The van der Waals surface area contributed by atoms with Crippen LogP contribution in [-0.2, 0) is 27.3 Å². The van der Waals surface area contributed by atoms with Gasteiger partial charge >= 0.3 is 5.97 Å². The van der Waals surface area contributed by atoms with E-state index in [9.17, 15) is 9.59 Å². The van der Waals surface area contributed by atoms with Crippen LogP contribution < -0.4 is 9.54 Å². The first-order valence-electron chi connectivity index (χ1n) is 9.38. The molecule has 29 heavy (non-hydrogen) atoms. The summed E-state index contributed by atoms with van der Waals surface area (Å²) in [7, 11) is 1.60. The van der Waals surface area contributed by atoms with Crippen LogP contribution in [0, 0.1) is 13.8 Å². The number of hydrogen-bond acceptors (Lipinski definition) is 5. The molecule has 1 amide bonds. The predicted molar refractivity (Wildman–Crippen MR) is 113 cm³/mol. The highest BCUT2D eigenvalue weighted by Crippen LogP contribution is 2.22. The molecule has 0 fully saturated rings. The molecule has 0 saturated carbocycles. The molecule has 1 aromatic heterocycles. The lowest BCUT2D eigenvalue weighted by molar-refractivity contribution is -0.143. The highest BCUT2D eigenvalue weighted by atomic mass is 32.1. The van der Waals surface area contributed by atoms with E-state index in [4.69, 9.17) is 9.47 Å². The van der Waals surface area contributed by atoms with Crippen molar-refractivity contribution >= 4 is 33.4 Å². The molecule has 3 aromatic rings. The largest absolute Gasteiger partial charge is 0.497 e. The lowest BCUT2D eigenvalue weighted by Crippen LogP contribution is -2.23. The highest BCUT2D eigenvalue weighted by molar-refractivity contribution is 7.16. The SMILES string of the molecule is CCOC(=O)Cn1c(=NC(=O)Cc2ccc(OC)cc2)sc2cc(C)c(C)cc21. The van der Waals surface area contributed by atoms with E-state index in [1.807, 2.05) is 44.2 Å². The average molecular weight is 413 g/mol. The zero-order chi connectivity index (χ0) is 21.0. The molecule has 0 aliphatic rings. The molecular formula is C22H24N2O4S. The number of hydrogen-bond donors (Lipinski definition) is 0. The van der Waals surface area contributed by atoms with Crippen LogP contribution in [0.2, 0.25) is 0 Å². The van der Waals surface area contributed by atoms with Crippen LogP contribution in [0.3, 0.4) is 0 Å². The second-order valence-electron chi connectivity index (χ2n) is 6.71. The van der Waals surface area contributed by atoms with Gasteiger partial charge in [-0.2, -0.15) is 4.99 Å². The molecule has 2 aromatic carbocycles. The number of nitrogens with zero attached hydrogens (tertiary/aromatic N) is 2. The standard InChI is InChI=1S/C22H24N2O4S/c1-5-28-21(26)13-24-18-10-14(2)15(3)11-19(18)29-22(24)23-20(25)12-16-6-8-17(27-4)9-7-16/h6-11H,5,12-13H2,1-4H3. The van der Waals surface area contributed by atoms with Crippen LogP contribution >= 0.6 is 11.3 Å². The number of rotatable bonds is 6. The van der Waals surface area contributed by atoms with Gasteiger partial charge in [0.25, 0.3) is 5.91 Å². The maximum absolute atomic E-state index is 12.6. The van der Waals surface area contributed by atoms with Gasteiger partial charge in [-0.25, -0.2) is 0 Å². The Morgan fingerprint density at radius 2 is 1.79 bits per heavy atom. The minimum atomic E-state index is -0.352. The number of ether oxygens (including phenoxy) is 2. The normalized spacial score (nSPS) is 11.7. The summed E-state index contributed by atoms with van der Waals surface area (Å²) < 4.78 is 13.0. The molecular weight excluding hydrogens is 388 g/mol. The third-order valence-electron chi connectivity index (χ3n) is 4.63. The number of aromatic nitrogens is 1. The molecule has 0 bridgehead atoms. The number of fused-ring (bicyclic) bond motifs is 1. The van der Waals surface area contributed by atoms with Gasteiger partial charge in [-0.1, -0.05) is 23.5 Å². The van der Waals surface area contributed by atoms with Crippen molar-refractivity contribution in [3.63, 3.8) is 0 Å². The van der Waals surface area contributed by atoms with Crippen molar-refractivity contribution in [3.05, 3.63) is 57.9 Å². The van der Waals surface area contributed by atoms with E-state index in [2.05, 4.69) is 11.1 Å². The maximum atomic E-state index is 12.6. The van der Waals surface area contributed by atoms with Crippen molar-refractivity contribution in [1.29, 1.82) is 0 Å². The van der Waals surface area contributed by atoms with Gasteiger partial charge < -0.3 is 14.0 Å². The summed E-state index contributed by atoms with van der Waals surface area (Å²) in [5.74, 6) is 0.114. The zero-order valence-corrected chi connectivity index (χ0v) is 17.8. The van der Waals surface area contributed by atoms with E-state index in [0.29, 0.717) is 11.4 Å². The van der Waals surface area contributed by atoms with Gasteiger partial charge in [0, 0.05) is 0 Å². The van der Waals surface area contributed by atoms with Crippen molar-refractivity contribution in [3.8, 4) is 5.75 Å². The summed E-state index contributed by atoms with van der Waals surface area (Å²) in [4.78, 5) is 29.5. The fourth-order valence-corrected chi connectivity index (χ4v) is 4.09. The van der Waals surface area contributed by atoms with Gasteiger partial charge in [-0.3, -0.25) is 9.59 Å². The van der Waals surface area contributed by atoms with E-state index in [1.165, 1.54) is 11.3 Å². The molecule has 0 aliphatic carbocycles. The molecule has 0 unspecified atom stereocenters. The van der Waals surface area contributed by atoms with E-state index in [-0.39, 0.29) is 24.8 Å². The molecule has 0 spiro atoms. The van der Waals surface area contributed by atoms with Crippen LogP contribution in [0.4, 0.5) is 0 Å². The Bertz CT molecular complexity index is 1110. The fourth-order valence-electron chi connectivity index (χ4n) is 2.96. The van der Waals surface area contributed by atoms with Crippen molar-refractivity contribution in [2.75, 3.05) is 13.7 Å². The molecule has 7 heteroatoms. The Balaban J connectivity index is 1.98. The third-order valence-corrected chi connectivity index (χ3v) is 5.67. The second-order valence-corrected chi connectivity index (χ2v) is 7.72. The van der Waals surface area contributed by atoms with E-state index < -0.39 is 0 Å². The first-order chi connectivity index (χ1) is 13.9. The van der Waals surface area contributed by atoms with Crippen molar-refractivity contribution in [2.24, 2.45) is 4.99 Å². The van der Waals surface area contributed by atoms with Gasteiger partial charge in [0.2, 0.25) is 0 Å². The van der Waals surface area contributed by atoms with Gasteiger partial charge in [0.15, 0.2) is 4.80 Å². The van der Waals surface area contributed by atoms with Crippen molar-refractivity contribution < 1.29 is 19.1 Å². The van der Waals surface area contributed by atoms with Crippen LogP contribution in [-0.4, -0.2) is 30.2 Å². The van der Waals surface area contributed by atoms with Crippen LogP contribution in [0.15, 0.2) is 41.4 Å². The molecule has 1 heterocycles. The second kappa shape index (κ2) is 9.05. The molecule has 152 valence electrons. The number of benzene rings is 2.